The van der Waals surface area contributed by atoms with Crippen LogP contribution in [0, 0.1) is 0 Å². The fourth-order valence-corrected chi connectivity index (χ4v) is 5.75. The van der Waals surface area contributed by atoms with Crippen molar-refractivity contribution in [2.24, 2.45) is 5.16 Å². The lowest BCUT2D eigenvalue weighted by Gasteiger charge is -2.49. The zero-order valence-corrected chi connectivity index (χ0v) is 20.1. The van der Waals surface area contributed by atoms with Crippen LogP contribution in [0.1, 0.15) is 5.69 Å². The van der Waals surface area contributed by atoms with Gasteiger partial charge in [-0.15, -0.1) is 32.5 Å². The number of nitrogens with one attached hydrogen (secondary N) is 1. The minimum atomic E-state index is -1.25. The molecule has 14 nitrogen and oxygen atoms in total. The Kier molecular flexibility index (Phi) is 6.95. The second kappa shape index (κ2) is 9.93. The highest BCUT2D eigenvalue weighted by atomic mass is 32.2. The van der Waals surface area contributed by atoms with E-state index in [2.05, 4.69) is 15.5 Å². The highest BCUT2D eigenvalue weighted by Gasteiger charge is 2.55. The molecular weight excluding hydrogens is 500 g/mol. The average molecular weight is 524 g/mol. The number of carboxylic acid groups (broad SMARTS) is 1. The van der Waals surface area contributed by atoms with Crippen LogP contribution in [-0.2, 0) is 32.3 Å². The minimum Gasteiger partial charge on any atom is -0.477 e. The van der Waals surface area contributed by atoms with E-state index in [4.69, 9.17) is 16.3 Å². The Morgan fingerprint density at radius 2 is 2.20 bits per heavy atom. The van der Waals surface area contributed by atoms with Crippen LogP contribution in [0.3, 0.4) is 0 Å². The van der Waals surface area contributed by atoms with E-state index in [1.54, 1.807) is 21.6 Å². The second-order valence-corrected chi connectivity index (χ2v) is 9.49. The van der Waals surface area contributed by atoms with Crippen molar-refractivity contribution >= 4 is 57.5 Å². The number of anilines is 2. The highest BCUT2D eigenvalue weighted by Crippen LogP contribution is 2.40. The van der Waals surface area contributed by atoms with Crippen LogP contribution in [0.25, 0.3) is 0 Å². The van der Waals surface area contributed by atoms with Gasteiger partial charge in [0.05, 0.1) is 12.7 Å². The maximum atomic E-state index is 13.0. The predicted octanol–water partition coefficient (Wildman–Crippen LogP) is -1.82. The van der Waals surface area contributed by atoms with Crippen LogP contribution in [0.15, 0.2) is 34.1 Å². The molecule has 0 spiro atoms. The summed E-state index contributed by atoms with van der Waals surface area (Å²) in [7, 11) is 1.27. The van der Waals surface area contributed by atoms with Gasteiger partial charge in [0.1, 0.15) is 36.5 Å². The van der Waals surface area contributed by atoms with E-state index in [0.29, 0.717) is 17.1 Å². The largest absolute Gasteiger partial charge is 0.477 e. The van der Waals surface area contributed by atoms with Crippen molar-refractivity contribution in [3.63, 3.8) is 0 Å². The molecule has 2 aliphatic heterocycles. The first-order valence-electron chi connectivity index (χ1n) is 10.3. The molecule has 0 aliphatic carbocycles. The smallest absolute Gasteiger partial charge is 0.352 e. The molecule has 35 heavy (non-hydrogen) atoms. The fourth-order valence-electron chi connectivity index (χ4n) is 3.87. The summed E-state index contributed by atoms with van der Waals surface area (Å²) in [6, 6.07) is 0.688. The van der Waals surface area contributed by atoms with Crippen molar-refractivity contribution in [2.45, 2.75) is 24.5 Å². The van der Waals surface area contributed by atoms with Crippen LogP contribution in [0.4, 0.5) is 10.9 Å². The summed E-state index contributed by atoms with van der Waals surface area (Å²) in [5.74, 6) is -1.79. The summed E-state index contributed by atoms with van der Waals surface area (Å²) in [6.45, 7) is 0.251. The number of oxime groups is 1. The first-order valence-corrected chi connectivity index (χ1v) is 12.2. The fraction of sp³-hybridized carbons (Fsp3) is 0.368. The number of β-lactam (4-membered cyclic amide) rings is 1. The number of aromatic nitrogens is 3. The lowest BCUT2D eigenvalue weighted by Crippen LogP contribution is -2.71. The van der Waals surface area contributed by atoms with E-state index in [0.717, 1.165) is 11.3 Å². The topological polar surface area (TPSA) is 202 Å². The number of amides is 2. The van der Waals surface area contributed by atoms with Gasteiger partial charge in [-0.2, -0.15) is 0 Å². The minimum absolute atomic E-state index is 0.134. The van der Waals surface area contributed by atoms with Gasteiger partial charge < -0.3 is 31.8 Å². The molecule has 186 valence electrons. The van der Waals surface area contributed by atoms with Crippen molar-refractivity contribution in [2.75, 3.05) is 30.9 Å². The van der Waals surface area contributed by atoms with Crippen LogP contribution >= 0.6 is 23.1 Å². The van der Waals surface area contributed by atoms with Crippen molar-refractivity contribution in [3.05, 3.63) is 34.6 Å². The number of aliphatic hydroxyl groups excluding tert-OH is 1. The molecule has 0 bridgehead atoms. The number of rotatable bonds is 9. The molecule has 1 fully saturated rings. The van der Waals surface area contributed by atoms with Crippen LogP contribution in [-0.4, -0.2) is 79.2 Å². The summed E-state index contributed by atoms with van der Waals surface area (Å²) in [5.41, 5.74) is 12.0. The van der Waals surface area contributed by atoms with Crippen molar-refractivity contribution in [1.82, 2.24) is 19.9 Å². The lowest BCUT2D eigenvalue weighted by molar-refractivity contribution is -0.767. The predicted molar refractivity (Wildman–Crippen MR) is 126 cm³/mol. The van der Waals surface area contributed by atoms with Gasteiger partial charge in [0.25, 0.3) is 11.8 Å². The summed E-state index contributed by atoms with van der Waals surface area (Å²) in [4.78, 5) is 47.9. The average Bonchev–Trinajstić information content (AvgIpc) is 3.41. The zero-order valence-electron chi connectivity index (χ0n) is 18.4. The molecule has 2 aliphatic rings. The third-order valence-corrected chi connectivity index (χ3v) is 7.40. The third kappa shape index (κ3) is 4.54. The Morgan fingerprint density at radius 3 is 2.83 bits per heavy atom. The number of aliphatic carboxylic acids is 1. The molecule has 0 unspecified atom stereocenters. The number of aliphatic hydroxyl groups is 1. The van der Waals surface area contributed by atoms with Gasteiger partial charge in [0, 0.05) is 16.7 Å². The summed E-state index contributed by atoms with van der Waals surface area (Å²) in [6.07, 6.45) is 1.68. The molecule has 1 saturated heterocycles. The Morgan fingerprint density at radius 1 is 1.43 bits per heavy atom. The van der Waals surface area contributed by atoms with Crippen molar-refractivity contribution in [3.8, 4) is 0 Å². The maximum absolute atomic E-state index is 13.0. The molecule has 0 aromatic carbocycles. The first-order chi connectivity index (χ1) is 16.8. The van der Waals surface area contributed by atoms with E-state index in [9.17, 15) is 24.6 Å². The van der Waals surface area contributed by atoms with E-state index in [-0.39, 0.29) is 41.9 Å². The number of carboxylic acids is 1. The van der Waals surface area contributed by atoms with Gasteiger partial charge in [-0.05, 0) is 0 Å². The number of thiazole rings is 1. The van der Waals surface area contributed by atoms with Gasteiger partial charge in [-0.25, -0.2) is 9.78 Å². The molecule has 4 heterocycles. The number of hydrogen-bond donors (Lipinski definition) is 5. The number of thioether (sulfide) groups is 1. The lowest BCUT2D eigenvalue weighted by atomic mass is 10.0. The number of carbonyl (C=O) groups excluding carboxylic acids is 2. The van der Waals surface area contributed by atoms with Crippen molar-refractivity contribution in [1.29, 1.82) is 0 Å². The van der Waals surface area contributed by atoms with Gasteiger partial charge >= 0.3 is 5.97 Å². The summed E-state index contributed by atoms with van der Waals surface area (Å²) < 4.78 is 3.30. The molecular formula is C19H23N8O6S2+. The molecule has 2 atom stereocenters. The molecule has 2 aromatic rings. The van der Waals surface area contributed by atoms with Gasteiger partial charge in [0.15, 0.2) is 29.4 Å². The molecule has 4 rings (SSSR count). The number of nitrogen functional groups attached to an aromatic ring is 2. The van der Waals surface area contributed by atoms with Gasteiger partial charge in [-0.1, -0.05) is 5.16 Å². The Balaban J connectivity index is 1.54. The van der Waals surface area contributed by atoms with Crippen LogP contribution in [0.2, 0.25) is 0 Å². The zero-order chi connectivity index (χ0) is 25.3. The normalized spacial score (nSPS) is 19.9. The molecule has 2 amide bonds. The molecule has 7 N–H and O–H groups in total. The van der Waals surface area contributed by atoms with Crippen molar-refractivity contribution < 1.29 is 34.1 Å². The van der Waals surface area contributed by atoms with E-state index in [1.165, 1.54) is 29.2 Å². The number of nitrogens with zero attached hydrogens (tertiary/aromatic N) is 5. The van der Waals surface area contributed by atoms with E-state index < -0.39 is 29.2 Å². The summed E-state index contributed by atoms with van der Waals surface area (Å²) >= 11 is 2.44. The highest BCUT2D eigenvalue weighted by molar-refractivity contribution is 8.00. The Hall–Kier alpha value is -3.63. The Labute approximate surface area is 206 Å². The number of fused-ring (bicyclic) bond motifs is 1. The van der Waals surface area contributed by atoms with Crippen LogP contribution < -0.4 is 21.5 Å². The number of nitrogens with two attached hydrogens (primary N) is 2. The second-order valence-electron chi connectivity index (χ2n) is 7.50. The quantitative estimate of drug-likeness (QED) is 0.108. The summed E-state index contributed by atoms with van der Waals surface area (Å²) in [5, 5.41) is 26.7. The standard InChI is InChI=1S/C19H22N8O6S2/c1-33-24-12(10-8-35-19(21)22-10)15(29)23-13-16(30)27-14(18(31)32)9(7-34-17(13)27)6-25-3-2-11(20)26(25)4-5-28/h2-3,8,13,17,20,28H,4-7H2,1H3,(H4,21,22,23,29,31,32)/p+1/b24-12+/t13-,17+/m1/s1. The van der Waals surface area contributed by atoms with Gasteiger partial charge in [0.2, 0.25) is 0 Å². The SMILES string of the molecule is CO/N=C(/C(=O)N[C@@H]1C(=O)N2C(C(=O)O)=C(C[n+]3ccc(N)n3CCO)CS[C@@H]12)c1csc(N)n1. The maximum Gasteiger partial charge on any atom is 0.352 e. The van der Waals surface area contributed by atoms with E-state index >= 15 is 0 Å². The Bertz CT molecular complexity index is 1240. The van der Waals surface area contributed by atoms with Crippen LogP contribution in [0.5, 0.6) is 0 Å². The van der Waals surface area contributed by atoms with Gasteiger partial charge in [-0.3, -0.25) is 14.5 Å². The third-order valence-electron chi connectivity index (χ3n) is 5.39. The molecule has 2 aromatic heterocycles. The molecule has 0 radical (unpaired) electrons. The molecule has 16 heteroatoms. The molecule has 0 saturated carbocycles. The number of hydrogen-bond acceptors (Lipinski definition) is 11. The monoisotopic (exact) mass is 523 g/mol. The van der Waals surface area contributed by atoms with E-state index in [1.807, 2.05) is 0 Å². The first kappa shape index (κ1) is 24.5. The number of carbonyl (C=O) groups is 3.